The van der Waals surface area contributed by atoms with Gasteiger partial charge in [-0.1, -0.05) is 48.5 Å². The number of ether oxygens (including phenoxy) is 2. The Balaban J connectivity index is 1.26. The average Bonchev–Trinajstić information content (AvgIpc) is 3.77. The number of alkyl carbamates (subject to hydrolysis) is 1. The fraction of sp³-hybridized carbons (Fsp3) is 0.375. The molecule has 2 aromatic heterocycles. The molecule has 1 fully saturated rings. The summed E-state index contributed by atoms with van der Waals surface area (Å²) in [6.07, 6.45) is 5.06. The van der Waals surface area contributed by atoms with Crippen LogP contribution in [0.5, 0.6) is 0 Å². The first-order chi connectivity index (χ1) is 20.5. The van der Waals surface area contributed by atoms with Gasteiger partial charge >= 0.3 is 6.09 Å². The van der Waals surface area contributed by atoms with E-state index in [-0.39, 0.29) is 11.9 Å². The summed E-state index contributed by atoms with van der Waals surface area (Å²) in [5, 5.41) is 2.74. The molecule has 2 amide bonds. The van der Waals surface area contributed by atoms with Crippen molar-refractivity contribution in [3.8, 4) is 33.6 Å². The molecule has 4 aromatic rings. The number of rotatable bonds is 4. The highest BCUT2D eigenvalue weighted by atomic mass is 16.5. The third-order valence-electron chi connectivity index (χ3n) is 8.08. The van der Waals surface area contributed by atoms with Crippen LogP contribution in [0.3, 0.4) is 0 Å². The van der Waals surface area contributed by atoms with Crippen molar-refractivity contribution in [1.29, 1.82) is 0 Å². The molecule has 1 saturated heterocycles. The lowest BCUT2D eigenvalue weighted by atomic mass is 10.0. The number of aromatic amines is 2. The van der Waals surface area contributed by atoms with Crippen LogP contribution >= 0.6 is 0 Å². The zero-order chi connectivity index (χ0) is 29.1. The SMILES string of the molecule is COC(=O)N[C@H]1CCCCOCc2[nH]c(nc2-c2ccc(-c3ccc(-c4c[nH]c(C)n4)cc3)cc2)[C@@H]2CCCN2C1=O. The number of methoxy groups -OCH3 is 1. The molecule has 4 heterocycles. The molecule has 10 nitrogen and oxygen atoms in total. The van der Waals surface area contributed by atoms with Crippen LogP contribution in [-0.2, 0) is 20.9 Å². The van der Waals surface area contributed by atoms with E-state index in [4.69, 9.17) is 14.5 Å². The van der Waals surface area contributed by atoms with Gasteiger partial charge in [-0.15, -0.1) is 0 Å². The van der Waals surface area contributed by atoms with Crippen molar-refractivity contribution >= 4 is 12.0 Å². The van der Waals surface area contributed by atoms with Crippen molar-refractivity contribution in [3.63, 3.8) is 0 Å². The number of benzene rings is 2. The molecule has 6 rings (SSSR count). The zero-order valence-corrected chi connectivity index (χ0v) is 24.0. The molecule has 0 spiro atoms. The number of amides is 2. The summed E-state index contributed by atoms with van der Waals surface area (Å²) in [5.74, 6) is 1.55. The summed E-state index contributed by atoms with van der Waals surface area (Å²) in [7, 11) is 1.31. The van der Waals surface area contributed by atoms with Gasteiger partial charge < -0.3 is 29.7 Å². The maximum atomic E-state index is 13.6. The van der Waals surface area contributed by atoms with Gasteiger partial charge in [-0.05, 0) is 50.2 Å². The minimum absolute atomic E-state index is 0.0969. The van der Waals surface area contributed by atoms with E-state index in [1.807, 2.05) is 18.0 Å². The highest BCUT2D eigenvalue weighted by molar-refractivity contribution is 5.86. The van der Waals surface area contributed by atoms with Gasteiger partial charge in [0.15, 0.2) is 0 Å². The van der Waals surface area contributed by atoms with Crippen molar-refractivity contribution < 1.29 is 19.1 Å². The lowest BCUT2D eigenvalue weighted by Crippen LogP contribution is -2.48. The van der Waals surface area contributed by atoms with Gasteiger partial charge in [0.2, 0.25) is 5.91 Å². The molecule has 0 aliphatic carbocycles. The first-order valence-electron chi connectivity index (χ1n) is 14.5. The predicted molar refractivity (Wildman–Crippen MR) is 158 cm³/mol. The number of imidazole rings is 2. The van der Waals surface area contributed by atoms with Crippen LogP contribution in [0.1, 0.15) is 55.5 Å². The summed E-state index contributed by atoms with van der Waals surface area (Å²) in [5.41, 5.74) is 6.95. The number of aryl methyl sites for hydroxylation is 1. The largest absolute Gasteiger partial charge is 0.453 e. The third-order valence-corrected chi connectivity index (χ3v) is 8.08. The molecule has 0 radical (unpaired) electrons. The number of carbonyl (C=O) groups excluding carboxylic acids is 2. The van der Waals surface area contributed by atoms with Gasteiger partial charge in [0, 0.05) is 30.5 Å². The molecule has 2 aliphatic rings. The second-order valence-electron chi connectivity index (χ2n) is 10.9. The molecule has 42 heavy (non-hydrogen) atoms. The smallest absolute Gasteiger partial charge is 0.407 e. The number of hydrogen-bond donors (Lipinski definition) is 3. The molecular weight excluding hydrogens is 532 g/mol. The summed E-state index contributed by atoms with van der Waals surface area (Å²) >= 11 is 0. The summed E-state index contributed by atoms with van der Waals surface area (Å²) in [6.45, 7) is 3.52. The standard InChI is InChI=1S/C32H36N6O4/c1-20-33-18-26(34-20)23-12-8-21(9-13-23)22-10-14-24(15-11-22)29-27-19-42-17-4-3-6-25(36-32(40)41-2)31(39)38-16-5-7-28(38)30(35-27)37-29/h8-15,18,25,28H,3-7,16-17,19H2,1-2H3,(H,33,34)(H,35,37)(H,36,40)/t25-,28-/m0/s1. The van der Waals surface area contributed by atoms with Gasteiger partial charge in [0.05, 0.1) is 36.8 Å². The van der Waals surface area contributed by atoms with Crippen molar-refractivity contribution in [2.45, 2.75) is 57.7 Å². The Labute approximate surface area is 244 Å². The number of carbonyl (C=O) groups is 2. The van der Waals surface area contributed by atoms with E-state index in [1.54, 1.807) is 0 Å². The van der Waals surface area contributed by atoms with Crippen LogP contribution in [-0.4, -0.2) is 63.1 Å². The Kier molecular flexibility index (Phi) is 8.05. The normalized spacial score (nSPS) is 19.4. The topological polar surface area (TPSA) is 125 Å². The molecule has 0 unspecified atom stereocenters. The lowest BCUT2D eigenvalue weighted by molar-refractivity contribution is -0.134. The molecule has 10 heteroatoms. The Bertz CT molecular complexity index is 1540. The fourth-order valence-corrected chi connectivity index (χ4v) is 5.85. The van der Waals surface area contributed by atoms with Crippen molar-refractivity contribution in [2.24, 2.45) is 0 Å². The van der Waals surface area contributed by atoms with E-state index in [2.05, 4.69) is 68.8 Å². The quantitative estimate of drug-likeness (QED) is 0.297. The molecule has 2 aliphatic heterocycles. The van der Waals surface area contributed by atoms with Gasteiger partial charge in [-0.2, -0.15) is 0 Å². The first kappa shape index (κ1) is 27.7. The highest BCUT2D eigenvalue weighted by Crippen LogP contribution is 2.35. The minimum Gasteiger partial charge on any atom is -0.453 e. The molecule has 2 bridgehead atoms. The van der Waals surface area contributed by atoms with Gasteiger partial charge in [0.1, 0.15) is 17.7 Å². The molecule has 3 N–H and O–H groups in total. The van der Waals surface area contributed by atoms with Crippen LogP contribution in [0.15, 0.2) is 54.7 Å². The Morgan fingerprint density at radius 1 is 0.976 bits per heavy atom. The maximum Gasteiger partial charge on any atom is 0.407 e. The van der Waals surface area contributed by atoms with Crippen LogP contribution in [0, 0.1) is 6.92 Å². The van der Waals surface area contributed by atoms with E-state index < -0.39 is 12.1 Å². The second-order valence-corrected chi connectivity index (χ2v) is 10.9. The van der Waals surface area contributed by atoms with Crippen LogP contribution in [0.25, 0.3) is 33.6 Å². The van der Waals surface area contributed by atoms with Gasteiger partial charge in [-0.3, -0.25) is 4.79 Å². The van der Waals surface area contributed by atoms with E-state index in [9.17, 15) is 9.59 Å². The van der Waals surface area contributed by atoms with E-state index in [0.717, 1.165) is 76.7 Å². The number of fused-ring (bicyclic) bond motifs is 4. The van der Waals surface area contributed by atoms with E-state index >= 15 is 0 Å². The average molecular weight is 569 g/mol. The molecular formula is C32H36N6O4. The monoisotopic (exact) mass is 568 g/mol. The molecule has 2 atom stereocenters. The van der Waals surface area contributed by atoms with E-state index in [1.165, 1.54) is 7.11 Å². The lowest BCUT2D eigenvalue weighted by Gasteiger charge is -2.28. The second kappa shape index (κ2) is 12.2. The van der Waals surface area contributed by atoms with E-state index in [0.29, 0.717) is 26.2 Å². The van der Waals surface area contributed by atoms with Crippen molar-refractivity contribution in [3.05, 3.63) is 72.1 Å². The number of nitrogens with zero attached hydrogens (tertiary/aromatic N) is 3. The molecule has 0 saturated carbocycles. The summed E-state index contributed by atoms with van der Waals surface area (Å²) in [6, 6.07) is 15.9. The summed E-state index contributed by atoms with van der Waals surface area (Å²) < 4.78 is 10.8. The van der Waals surface area contributed by atoms with Crippen LogP contribution < -0.4 is 5.32 Å². The first-order valence-corrected chi connectivity index (χ1v) is 14.5. The zero-order valence-electron chi connectivity index (χ0n) is 24.0. The Morgan fingerprint density at radius 2 is 1.69 bits per heavy atom. The fourth-order valence-electron chi connectivity index (χ4n) is 5.85. The van der Waals surface area contributed by atoms with Crippen LogP contribution in [0.4, 0.5) is 4.79 Å². The highest BCUT2D eigenvalue weighted by Gasteiger charge is 2.37. The number of nitrogens with one attached hydrogen (secondary N) is 3. The molecule has 2 aromatic carbocycles. The Hall–Kier alpha value is -4.44. The summed E-state index contributed by atoms with van der Waals surface area (Å²) in [4.78, 5) is 43.6. The van der Waals surface area contributed by atoms with Crippen LogP contribution in [0.2, 0.25) is 0 Å². The van der Waals surface area contributed by atoms with Crippen molar-refractivity contribution in [2.75, 3.05) is 20.3 Å². The molecule has 218 valence electrons. The number of H-pyrrole nitrogens is 2. The predicted octanol–water partition coefficient (Wildman–Crippen LogP) is 5.53. The Morgan fingerprint density at radius 3 is 2.38 bits per heavy atom. The maximum absolute atomic E-state index is 13.6. The van der Waals surface area contributed by atoms with Gasteiger partial charge in [0.25, 0.3) is 0 Å². The number of aromatic nitrogens is 4. The van der Waals surface area contributed by atoms with Crippen molar-refractivity contribution in [1.82, 2.24) is 30.2 Å². The third kappa shape index (κ3) is 5.80. The van der Waals surface area contributed by atoms with Gasteiger partial charge in [-0.25, -0.2) is 14.8 Å². The number of hydrogen-bond acceptors (Lipinski definition) is 6. The minimum atomic E-state index is -0.641.